The first-order valence-electron chi connectivity index (χ1n) is 3.33. The molecule has 0 aliphatic rings. The van der Waals surface area contributed by atoms with E-state index in [4.69, 9.17) is 0 Å². The van der Waals surface area contributed by atoms with Crippen LogP contribution in [-0.4, -0.2) is 11.7 Å². The molecule has 2 nitrogen and oxygen atoms in total. The summed E-state index contributed by atoms with van der Waals surface area (Å²) in [5.74, 6) is 0.395. The smallest absolute Gasteiger partial charge is 0.163 e. The summed E-state index contributed by atoms with van der Waals surface area (Å²) in [6, 6.07) is 0. The maximum atomic E-state index is 12.4. The normalized spacial score (nSPS) is 10.3. The number of hydrogen-bond donors (Lipinski definition) is 0. The molecular weight excluding hydrogens is 159 g/mol. The van der Waals surface area contributed by atoms with Crippen molar-refractivity contribution < 1.29 is 14.0 Å². The molecule has 0 N–H and O–H groups in total. The zero-order chi connectivity index (χ0) is 9.56. The number of ketones is 1. The van der Waals surface area contributed by atoms with Gasteiger partial charge in [-0.25, -0.2) is 9.18 Å². The van der Waals surface area contributed by atoms with Gasteiger partial charge in [-0.3, -0.25) is 4.79 Å². The first-order chi connectivity index (χ1) is 5.60. The second-order valence-corrected chi connectivity index (χ2v) is 2.26. The maximum absolute atomic E-state index is 12.4. The van der Waals surface area contributed by atoms with Crippen molar-refractivity contribution in [1.29, 1.82) is 0 Å². The first-order valence-corrected chi connectivity index (χ1v) is 3.33. The quantitative estimate of drug-likeness (QED) is 0.364. The molecule has 0 saturated carbocycles. The second-order valence-electron chi connectivity index (χ2n) is 2.26. The van der Waals surface area contributed by atoms with Gasteiger partial charge < -0.3 is 0 Å². The molecule has 0 spiro atoms. The fraction of sp³-hybridized carbons (Fsp3) is 0.222. The molecule has 0 aromatic carbocycles. The molecule has 0 radical (unpaired) electrons. The second kappa shape index (κ2) is 5.22. The van der Waals surface area contributed by atoms with Crippen LogP contribution in [0.1, 0.15) is 13.3 Å². The molecule has 64 valence electrons. The maximum Gasteiger partial charge on any atom is 0.163 e. The lowest BCUT2D eigenvalue weighted by atomic mass is 10.1. The van der Waals surface area contributed by atoms with Gasteiger partial charge in [-0.1, -0.05) is 6.58 Å². The molecule has 0 unspecified atom stereocenters. The third-order valence-electron chi connectivity index (χ3n) is 1.11. The van der Waals surface area contributed by atoms with E-state index in [1.807, 2.05) is 0 Å². The SMILES string of the molecule is C=CC(F)=CC(=O)CC(C)=C=O. The van der Waals surface area contributed by atoms with Crippen molar-refractivity contribution in [3.63, 3.8) is 0 Å². The molecule has 0 aliphatic carbocycles. The van der Waals surface area contributed by atoms with Crippen molar-refractivity contribution in [3.05, 3.63) is 30.1 Å². The highest BCUT2D eigenvalue weighted by Crippen LogP contribution is 2.02. The Morgan fingerprint density at radius 1 is 1.67 bits per heavy atom. The summed E-state index contributed by atoms with van der Waals surface area (Å²) in [6.07, 6.45) is 1.64. The predicted octanol–water partition coefficient (Wildman–Crippen LogP) is 1.76. The van der Waals surface area contributed by atoms with Crippen LogP contribution in [0, 0.1) is 0 Å². The Bertz CT molecular complexity index is 270. The van der Waals surface area contributed by atoms with Crippen LogP contribution in [0.25, 0.3) is 0 Å². The third-order valence-corrected chi connectivity index (χ3v) is 1.11. The largest absolute Gasteiger partial charge is 0.294 e. The number of rotatable bonds is 4. The highest BCUT2D eigenvalue weighted by atomic mass is 19.1. The number of carbonyl (C=O) groups excluding carboxylic acids is 2. The van der Waals surface area contributed by atoms with Crippen LogP contribution >= 0.6 is 0 Å². The van der Waals surface area contributed by atoms with E-state index in [1.165, 1.54) is 6.92 Å². The van der Waals surface area contributed by atoms with Gasteiger partial charge in [-0.05, 0) is 13.0 Å². The lowest BCUT2D eigenvalue weighted by Gasteiger charge is -1.90. The Morgan fingerprint density at radius 2 is 2.25 bits per heavy atom. The van der Waals surface area contributed by atoms with Gasteiger partial charge in [-0.2, -0.15) is 0 Å². The van der Waals surface area contributed by atoms with E-state index in [0.717, 1.165) is 12.2 Å². The minimum atomic E-state index is -0.696. The van der Waals surface area contributed by atoms with E-state index in [0.29, 0.717) is 0 Å². The molecule has 3 heteroatoms. The summed E-state index contributed by atoms with van der Waals surface area (Å²) in [7, 11) is 0. The van der Waals surface area contributed by atoms with Gasteiger partial charge in [0.05, 0.1) is 0 Å². The Balaban J connectivity index is 4.25. The van der Waals surface area contributed by atoms with E-state index >= 15 is 0 Å². The summed E-state index contributed by atoms with van der Waals surface area (Å²) >= 11 is 0. The fourth-order valence-electron chi connectivity index (χ4n) is 0.561. The average Bonchev–Trinajstić information content (AvgIpc) is 2.03. The Morgan fingerprint density at radius 3 is 2.67 bits per heavy atom. The van der Waals surface area contributed by atoms with Gasteiger partial charge in [0.1, 0.15) is 11.8 Å². The lowest BCUT2D eigenvalue weighted by Crippen LogP contribution is -1.94. The molecule has 0 fully saturated rings. The van der Waals surface area contributed by atoms with E-state index < -0.39 is 11.6 Å². The minimum Gasteiger partial charge on any atom is -0.294 e. The molecule has 0 amide bonds. The number of hydrogen-bond acceptors (Lipinski definition) is 2. The summed E-state index contributed by atoms with van der Waals surface area (Å²) in [5.41, 5.74) is 0.258. The summed E-state index contributed by atoms with van der Waals surface area (Å²) in [6.45, 7) is 4.60. The zero-order valence-corrected chi connectivity index (χ0v) is 6.76. The number of carbonyl (C=O) groups is 1. The summed E-state index contributed by atoms with van der Waals surface area (Å²) in [4.78, 5) is 20.8. The number of halogens is 1. The Hall–Kier alpha value is -1.47. The van der Waals surface area contributed by atoms with Crippen LogP contribution in [0.2, 0.25) is 0 Å². The van der Waals surface area contributed by atoms with Crippen LogP contribution in [0.3, 0.4) is 0 Å². The van der Waals surface area contributed by atoms with Crippen LogP contribution in [-0.2, 0) is 9.59 Å². The molecule has 12 heavy (non-hydrogen) atoms. The first kappa shape index (κ1) is 10.5. The van der Waals surface area contributed by atoms with Crippen LogP contribution in [0.5, 0.6) is 0 Å². The standard InChI is InChI=1S/C9H9FO2/c1-3-8(10)5-9(12)4-7(2)6-11/h3,5H,1,4H2,2H3. The Kier molecular flexibility index (Phi) is 4.58. The average molecular weight is 168 g/mol. The Labute approximate surface area is 70.1 Å². The van der Waals surface area contributed by atoms with Crippen molar-refractivity contribution in [3.8, 4) is 0 Å². The minimum absolute atomic E-state index is 0.0925. The molecule has 0 rings (SSSR count). The van der Waals surface area contributed by atoms with Gasteiger partial charge in [0, 0.05) is 18.1 Å². The fourth-order valence-corrected chi connectivity index (χ4v) is 0.561. The molecule has 0 heterocycles. The zero-order valence-electron chi connectivity index (χ0n) is 6.76. The molecule has 0 aromatic rings. The number of allylic oxidation sites excluding steroid dienone is 4. The van der Waals surface area contributed by atoms with E-state index in [-0.39, 0.29) is 12.0 Å². The van der Waals surface area contributed by atoms with Crippen LogP contribution in [0.4, 0.5) is 4.39 Å². The highest BCUT2D eigenvalue weighted by Gasteiger charge is 2.00. The van der Waals surface area contributed by atoms with Crippen molar-refractivity contribution >= 4 is 11.7 Å². The van der Waals surface area contributed by atoms with Crippen molar-refractivity contribution in [2.24, 2.45) is 0 Å². The van der Waals surface area contributed by atoms with Crippen molar-refractivity contribution in [2.45, 2.75) is 13.3 Å². The summed E-state index contributed by atoms with van der Waals surface area (Å²) < 4.78 is 12.4. The van der Waals surface area contributed by atoms with Crippen LogP contribution in [0.15, 0.2) is 30.1 Å². The molecule has 0 saturated heterocycles. The van der Waals surface area contributed by atoms with Crippen molar-refractivity contribution in [2.75, 3.05) is 0 Å². The van der Waals surface area contributed by atoms with Gasteiger partial charge in [0.25, 0.3) is 0 Å². The third kappa shape index (κ3) is 4.36. The van der Waals surface area contributed by atoms with E-state index in [2.05, 4.69) is 6.58 Å². The molecule has 0 aromatic heterocycles. The van der Waals surface area contributed by atoms with Gasteiger partial charge in [0.15, 0.2) is 5.78 Å². The van der Waals surface area contributed by atoms with E-state index in [1.54, 1.807) is 5.94 Å². The highest BCUT2D eigenvalue weighted by molar-refractivity contribution is 5.93. The lowest BCUT2D eigenvalue weighted by molar-refractivity contribution is -0.114. The van der Waals surface area contributed by atoms with Gasteiger partial charge in [-0.15, -0.1) is 0 Å². The predicted molar refractivity (Wildman–Crippen MR) is 43.9 cm³/mol. The topological polar surface area (TPSA) is 34.1 Å². The molecule has 0 aliphatic heterocycles. The van der Waals surface area contributed by atoms with Crippen molar-refractivity contribution in [1.82, 2.24) is 0 Å². The summed E-state index contributed by atoms with van der Waals surface area (Å²) in [5, 5.41) is 0. The van der Waals surface area contributed by atoms with E-state index in [9.17, 15) is 14.0 Å². The molecule has 0 bridgehead atoms. The molecular formula is C9H9FO2. The van der Waals surface area contributed by atoms with Gasteiger partial charge in [0.2, 0.25) is 0 Å². The monoisotopic (exact) mass is 168 g/mol. The molecule has 0 atom stereocenters. The van der Waals surface area contributed by atoms with Gasteiger partial charge >= 0.3 is 0 Å². The van der Waals surface area contributed by atoms with Crippen LogP contribution < -0.4 is 0 Å².